The minimum Gasteiger partial charge on any atom is -0.465 e. The van der Waals surface area contributed by atoms with Gasteiger partial charge in [0.15, 0.2) is 0 Å². The molecule has 0 radical (unpaired) electrons. The molecule has 8 heteroatoms. The highest BCUT2D eigenvalue weighted by Crippen LogP contribution is 2.39. The van der Waals surface area contributed by atoms with E-state index in [1.165, 1.54) is 25.1 Å². The third-order valence-electron chi connectivity index (χ3n) is 3.01. The maximum Gasteiger partial charge on any atom is 0.411 e. The molecule has 1 aromatic rings. The molecule has 116 valence electrons. The average molecular weight is 309 g/mol. The fraction of sp³-hybridized carbons (Fsp3) is 0.214. The Morgan fingerprint density at radius 3 is 2.55 bits per heavy atom. The van der Waals surface area contributed by atoms with Crippen LogP contribution in [0.2, 0.25) is 0 Å². The van der Waals surface area contributed by atoms with Crippen LogP contribution in [-0.2, 0) is 24.7 Å². The number of esters is 1. The number of ether oxygens (including phenoxy) is 2. The molecule has 2 N–H and O–H groups in total. The number of halogens is 1. The zero-order valence-corrected chi connectivity index (χ0v) is 11.7. The van der Waals surface area contributed by atoms with Gasteiger partial charge < -0.3 is 14.6 Å². The molecule has 22 heavy (non-hydrogen) atoms. The van der Waals surface area contributed by atoms with Gasteiger partial charge in [-0.05, 0) is 13.0 Å². The monoisotopic (exact) mass is 309 g/mol. The summed E-state index contributed by atoms with van der Waals surface area (Å²) in [6.45, 7) is 2.30. The number of ketones is 1. The van der Waals surface area contributed by atoms with Crippen LogP contribution in [0.1, 0.15) is 19.4 Å². The van der Waals surface area contributed by atoms with E-state index >= 15 is 0 Å². The van der Waals surface area contributed by atoms with Crippen molar-refractivity contribution >= 4 is 17.8 Å². The number of carbonyl (C=O) groups excluding carboxylic acids is 2. The highest BCUT2D eigenvalue weighted by atomic mass is 19.1. The summed E-state index contributed by atoms with van der Waals surface area (Å²) < 4.78 is 23.9. The maximum absolute atomic E-state index is 13.9. The van der Waals surface area contributed by atoms with Crippen molar-refractivity contribution in [1.82, 2.24) is 5.32 Å². The minimum absolute atomic E-state index is 0.105. The van der Waals surface area contributed by atoms with Crippen LogP contribution in [0, 0.1) is 5.82 Å². The van der Waals surface area contributed by atoms with Crippen molar-refractivity contribution in [2.45, 2.75) is 19.4 Å². The van der Waals surface area contributed by atoms with Crippen LogP contribution in [0.3, 0.4) is 0 Å². The third-order valence-corrected chi connectivity index (χ3v) is 3.01. The molecule has 0 saturated heterocycles. The van der Waals surface area contributed by atoms with Crippen LogP contribution < -0.4 is 5.32 Å². The zero-order chi connectivity index (χ0) is 16.5. The summed E-state index contributed by atoms with van der Waals surface area (Å²) in [7, 11) is 0. The standard InChI is InChI=1S/C14H12FNO6/c1-7(17)21-10-11(18)14(2,22-12(10)16-13(19)20)8-5-3-4-6-9(8)15/h3-6,16H,1-2H3,(H,19,20). The number of amides is 1. The van der Waals surface area contributed by atoms with Crippen LogP contribution in [0.25, 0.3) is 0 Å². The van der Waals surface area contributed by atoms with Crippen LogP contribution in [0.15, 0.2) is 35.9 Å². The van der Waals surface area contributed by atoms with Gasteiger partial charge in [0.05, 0.1) is 0 Å². The van der Waals surface area contributed by atoms with Gasteiger partial charge in [0.2, 0.25) is 17.2 Å². The first-order valence-electron chi connectivity index (χ1n) is 6.17. The number of carboxylic acid groups (broad SMARTS) is 1. The van der Waals surface area contributed by atoms with Gasteiger partial charge in [-0.1, -0.05) is 18.2 Å². The van der Waals surface area contributed by atoms with E-state index in [4.69, 9.17) is 14.6 Å². The molecule has 1 aliphatic rings. The highest BCUT2D eigenvalue weighted by Gasteiger charge is 2.51. The lowest BCUT2D eigenvalue weighted by atomic mass is 9.91. The second-order valence-corrected chi connectivity index (χ2v) is 4.63. The summed E-state index contributed by atoms with van der Waals surface area (Å²) in [5.74, 6) is -3.58. The zero-order valence-electron chi connectivity index (χ0n) is 11.7. The van der Waals surface area contributed by atoms with E-state index in [9.17, 15) is 18.8 Å². The Bertz CT molecular complexity index is 698. The first kappa shape index (κ1) is 15.5. The number of nitrogens with one attached hydrogen (secondary N) is 1. The Hall–Kier alpha value is -2.90. The predicted molar refractivity (Wildman–Crippen MR) is 69.8 cm³/mol. The molecule has 0 saturated carbocycles. The molecule has 0 bridgehead atoms. The first-order valence-corrected chi connectivity index (χ1v) is 6.17. The van der Waals surface area contributed by atoms with Crippen LogP contribution in [0.5, 0.6) is 0 Å². The Morgan fingerprint density at radius 2 is 2.00 bits per heavy atom. The summed E-state index contributed by atoms with van der Waals surface area (Å²) in [5.41, 5.74) is -1.94. The Labute approximate surface area is 124 Å². The van der Waals surface area contributed by atoms with Crippen molar-refractivity contribution in [3.63, 3.8) is 0 Å². The smallest absolute Gasteiger partial charge is 0.411 e. The normalized spacial score (nSPS) is 20.6. The lowest BCUT2D eigenvalue weighted by molar-refractivity contribution is -0.142. The molecule has 0 aromatic heterocycles. The van der Waals surface area contributed by atoms with E-state index in [2.05, 4.69) is 0 Å². The van der Waals surface area contributed by atoms with Crippen molar-refractivity contribution in [3.8, 4) is 0 Å². The fourth-order valence-corrected chi connectivity index (χ4v) is 2.06. The largest absolute Gasteiger partial charge is 0.465 e. The predicted octanol–water partition coefficient (Wildman–Crippen LogP) is 1.64. The molecule has 1 amide bonds. The second-order valence-electron chi connectivity index (χ2n) is 4.63. The van der Waals surface area contributed by atoms with Crippen LogP contribution in [0.4, 0.5) is 9.18 Å². The SMILES string of the molecule is CC(=O)OC1=C(NC(=O)O)OC(C)(c2ccccc2F)C1=O. The molecular weight excluding hydrogens is 297 g/mol. The molecule has 1 unspecified atom stereocenters. The molecule has 1 heterocycles. The van der Waals surface area contributed by atoms with Gasteiger partial charge in [-0.2, -0.15) is 0 Å². The second kappa shape index (κ2) is 5.47. The molecule has 1 aliphatic heterocycles. The Kier molecular flexibility index (Phi) is 3.85. The lowest BCUT2D eigenvalue weighted by Gasteiger charge is -2.23. The average Bonchev–Trinajstić information content (AvgIpc) is 2.63. The number of rotatable bonds is 3. The molecule has 2 rings (SSSR count). The summed E-state index contributed by atoms with van der Waals surface area (Å²) in [4.78, 5) is 34.3. The number of benzene rings is 1. The molecule has 0 fully saturated rings. The fourth-order valence-electron chi connectivity index (χ4n) is 2.06. The van der Waals surface area contributed by atoms with Crippen LogP contribution >= 0.6 is 0 Å². The summed E-state index contributed by atoms with van der Waals surface area (Å²) in [5, 5.41) is 10.6. The van der Waals surface area contributed by atoms with Gasteiger partial charge in [0, 0.05) is 12.5 Å². The Morgan fingerprint density at radius 1 is 1.36 bits per heavy atom. The van der Waals surface area contributed by atoms with E-state index < -0.39 is 40.9 Å². The van der Waals surface area contributed by atoms with Gasteiger partial charge in [0.1, 0.15) is 5.82 Å². The van der Waals surface area contributed by atoms with Crippen molar-refractivity contribution in [3.05, 3.63) is 47.3 Å². The van der Waals surface area contributed by atoms with Crippen molar-refractivity contribution < 1.29 is 33.4 Å². The molecule has 1 atom stereocenters. The molecule has 7 nitrogen and oxygen atoms in total. The molecular formula is C14H12FNO6. The van der Waals surface area contributed by atoms with Gasteiger partial charge in [-0.15, -0.1) is 0 Å². The number of carbonyl (C=O) groups is 3. The summed E-state index contributed by atoms with van der Waals surface area (Å²) in [6, 6.07) is 5.38. The molecule has 0 aliphatic carbocycles. The van der Waals surface area contributed by atoms with E-state index in [0.717, 1.165) is 13.0 Å². The minimum atomic E-state index is -1.84. The van der Waals surface area contributed by atoms with Crippen molar-refractivity contribution in [1.29, 1.82) is 0 Å². The number of Topliss-reactive ketones (excluding diaryl/α,β-unsaturated/α-hetero) is 1. The van der Waals surface area contributed by atoms with Gasteiger partial charge in [-0.3, -0.25) is 14.9 Å². The van der Waals surface area contributed by atoms with Gasteiger partial charge >= 0.3 is 12.1 Å². The summed E-state index contributed by atoms with van der Waals surface area (Å²) in [6.07, 6.45) is -1.52. The van der Waals surface area contributed by atoms with Gasteiger partial charge in [0.25, 0.3) is 5.78 Å². The first-order chi connectivity index (χ1) is 10.3. The summed E-state index contributed by atoms with van der Waals surface area (Å²) >= 11 is 0. The van der Waals surface area contributed by atoms with E-state index in [1.807, 2.05) is 5.32 Å². The molecule has 0 spiro atoms. The lowest BCUT2D eigenvalue weighted by Crippen LogP contribution is -2.33. The van der Waals surface area contributed by atoms with E-state index in [1.54, 1.807) is 0 Å². The van der Waals surface area contributed by atoms with Crippen molar-refractivity contribution in [2.75, 3.05) is 0 Å². The quantitative estimate of drug-likeness (QED) is 0.823. The van der Waals surface area contributed by atoms with E-state index in [0.29, 0.717) is 0 Å². The Balaban J connectivity index is 2.48. The van der Waals surface area contributed by atoms with Crippen molar-refractivity contribution in [2.24, 2.45) is 0 Å². The topological polar surface area (TPSA) is 102 Å². The number of hydrogen-bond acceptors (Lipinski definition) is 5. The van der Waals surface area contributed by atoms with E-state index in [-0.39, 0.29) is 5.56 Å². The molecule has 1 aromatic carbocycles. The van der Waals surface area contributed by atoms with Crippen LogP contribution in [-0.4, -0.2) is 23.0 Å². The highest BCUT2D eigenvalue weighted by molar-refractivity contribution is 6.04. The third kappa shape index (κ3) is 2.62. The number of hydrogen-bond donors (Lipinski definition) is 2. The maximum atomic E-state index is 13.9. The van der Waals surface area contributed by atoms with Gasteiger partial charge in [-0.25, -0.2) is 9.18 Å².